The number of aliphatic hydroxyl groups is 1. The van der Waals surface area contributed by atoms with E-state index in [9.17, 15) is 19.5 Å². The topological polar surface area (TPSA) is 93.0 Å². The average Bonchev–Trinajstić information content (AvgIpc) is 2.87. The van der Waals surface area contributed by atoms with Gasteiger partial charge in [0.15, 0.2) is 11.6 Å². The fourth-order valence-corrected chi connectivity index (χ4v) is 2.97. The number of hydrogen-bond acceptors (Lipinski definition) is 5. The predicted octanol–water partition coefficient (Wildman–Crippen LogP) is 1.05. The zero-order chi connectivity index (χ0) is 16.8. The van der Waals surface area contributed by atoms with E-state index in [4.69, 9.17) is 4.74 Å². The molecule has 6 nitrogen and oxygen atoms in total. The van der Waals surface area contributed by atoms with Gasteiger partial charge in [0.2, 0.25) is 17.6 Å². The molecule has 1 aromatic carbocycles. The SMILES string of the molecule is CC1(C)CC(=O)C(O)(C2OC(c3ccccc3)=NC2=O)C(=O)C1. The Morgan fingerprint density at radius 2 is 1.65 bits per heavy atom. The Hall–Kier alpha value is -2.34. The fraction of sp³-hybridized carbons (Fsp3) is 0.412. The molecule has 1 unspecified atom stereocenters. The quantitative estimate of drug-likeness (QED) is 0.823. The van der Waals surface area contributed by atoms with E-state index in [2.05, 4.69) is 4.99 Å². The van der Waals surface area contributed by atoms with Crippen LogP contribution >= 0.6 is 0 Å². The second-order valence-corrected chi connectivity index (χ2v) is 6.75. The van der Waals surface area contributed by atoms with Crippen molar-refractivity contribution in [2.24, 2.45) is 10.4 Å². The van der Waals surface area contributed by atoms with Crippen molar-refractivity contribution in [2.45, 2.75) is 38.4 Å². The molecule has 0 aromatic heterocycles. The average molecular weight is 315 g/mol. The highest BCUT2D eigenvalue weighted by Crippen LogP contribution is 2.39. The summed E-state index contributed by atoms with van der Waals surface area (Å²) in [5.41, 5.74) is -2.44. The van der Waals surface area contributed by atoms with Crippen molar-refractivity contribution in [3.05, 3.63) is 35.9 Å². The molecular formula is C17H17NO5. The standard InChI is InChI=1S/C17H17NO5/c1-16(2)8-11(19)17(22,12(20)9-16)13-14(21)18-15(23-13)10-6-4-3-5-7-10/h3-7,13,22H,8-9H2,1-2H3. The lowest BCUT2D eigenvalue weighted by Crippen LogP contribution is -2.62. The first kappa shape index (κ1) is 15.6. The molecule has 0 saturated heterocycles. The van der Waals surface area contributed by atoms with Crippen LogP contribution in [0.1, 0.15) is 32.3 Å². The molecular weight excluding hydrogens is 298 g/mol. The lowest BCUT2D eigenvalue weighted by molar-refractivity contribution is -0.172. The van der Waals surface area contributed by atoms with Crippen molar-refractivity contribution in [1.82, 2.24) is 0 Å². The van der Waals surface area contributed by atoms with E-state index in [0.29, 0.717) is 5.56 Å². The minimum absolute atomic E-state index is 0.00303. The maximum atomic E-state index is 12.4. The third-order valence-corrected chi connectivity index (χ3v) is 4.19. The summed E-state index contributed by atoms with van der Waals surface area (Å²) in [4.78, 5) is 40.6. The Kier molecular flexibility index (Phi) is 3.44. The highest BCUT2D eigenvalue weighted by atomic mass is 16.5. The molecule has 1 fully saturated rings. The fourth-order valence-electron chi connectivity index (χ4n) is 2.97. The summed E-state index contributed by atoms with van der Waals surface area (Å²) in [6, 6.07) is 8.65. The molecule has 1 heterocycles. The van der Waals surface area contributed by atoms with Crippen LogP contribution in [0.5, 0.6) is 0 Å². The van der Waals surface area contributed by atoms with Gasteiger partial charge in [-0.2, -0.15) is 4.99 Å². The third kappa shape index (κ3) is 2.49. The Morgan fingerprint density at radius 3 is 2.22 bits per heavy atom. The maximum absolute atomic E-state index is 12.4. The van der Waals surface area contributed by atoms with Gasteiger partial charge in [-0.15, -0.1) is 0 Å². The highest BCUT2D eigenvalue weighted by molar-refractivity contribution is 6.19. The summed E-state index contributed by atoms with van der Waals surface area (Å²) in [6.07, 6.45) is -1.60. The van der Waals surface area contributed by atoms with Gasteiger partial charge in [0.25, 0.3) is 5.91 Å². The molecule has 0 bridgehead atoms. The number of carbonyl (C=O) groups excluding carboxylic acids is 3. The second-order valence-electron chi connectivity index (χ2n) is 6.75. The largest absolute Gasteiger partial charge is 0.459 e. The van der Waals surface area contributed by atoms with Crippen LogP contribution in [0.2, 0.25) is 0 Å². The van der Waals surface area contributed by atoms with Gasteiger partial charge in [0.1, 0.15) is 0 Å². The van der Waals surface area contributed by atoms with Crippen molar-refractivity contribution in [1.29, 1.82) is 0 Å². The minimum Gasteiger partial charge on any atom is -0.459 e. The predicted molar refractivity (Wildman–Crippen MR) is 80.8 cm³/mol. The molecule has 1 aromatic rings. The van der Waals surface area contributed by atoms with Crippen LogP contribution in [0.4, 0.5) is 0 Å². The molecule has 120 valence electrons. The van der Waals surface area contributed by atoms with Gasteiger partial charge >= 0.3 is 0 Å². The molecule has 23 heavy (non-hydrogen) atoms. The van der Waals surface area contributed by atoms with Crippen LogP contribution in [0.25, 0.3) is 0 Å². The molecule has 1 N–H and O–H groups in total. The molecule has 6 heteroatoms. The van der Waals surface area contributed by atoms with Crippen molar-refractivity contribution < 1.29 is 24.2 Å². The molecule has 0 radical (unpaired) electrons. The summed E-state index contributed by atoms with van der Waals surface area (Å²) in [5, 5.41) is 10.7. The first-order chi connectivity index (χ1) is 10.7. The van der Waals surface area contributed by atoms with Gasteiger partial charge < -0.3 is 9.84 Å². The molecule has 2 aliphatic rings. The number of amides is 1. The molecule has 0 spiro atoms. The molecule has 1 aliphatic heterocycles. The Bertz CT molecular complexity index is 700. The number of carbonyl (C=O) groups is 3. The lowest BCUT2D eigenvalue weighted by atomic mass is 9.67. The minimum atomic E-state index is -2.45. The van der Waals surface area contributed by atoms with Crippen molar-refractivity contribution in [3.63, 3.8) is 0 Å². The summed E-state index contributed by atoms with van der Waals surface area (Å²) in [6.45, 7) is 3.54. The zero-order valence-corrected chi connectivity index (χ0v) is 12.9. The van der Waals surface area contributed by atoms with Gasteiger partial charge in [-0.1, -0.05) is 32.0 Å². The number of ketones is 2. The number of Topliss-reactive ketones (excluding diaryl/α,β-unsaturated/α-hetero) is 2. The maximum Gasteiger partial charge on any atom is 0.294 e. The van der Waals surface area contributed by atoms with E-state index in [1.54, 1.807) is 44.2 Å². The monoisotopic (exact) mass is 315 g/mol. The molecule has 3 rings (SSSR count). The van der Waals surface area contributed by atoms with Gasteiger partial charge in [-0.3, -0.25) is 14.4 Å². The van der Waals surface area contributed by atoms with E-state index in [0.717, 1.165) is 0 Å². The number of ether oxygens (including phenoxy) is 1. The number of nitrogens with zero attached hydrogens (tertiary/aromatic N) is 1. The highest BCUT2D eigenvalue weighted by Gasteiger charge is 2.60. The van der Waals surface area contributed by atoms with Crippen LogP contribution in [-0.4, -0.2) is 40.2 Å². The van der Waals surface area contributed by atoms with Gasteiger partial charge in [-0.05, 0) is 17.5 Å². The number of rotatable bonds is 2. The lowest BCUT2D eigenvalue weighted by Gasteiger charge is -2.38. The third-order valence-electron chi connectivity index (χ3n) is 4.19. The normalized spacial score (nSPS) is 26.0. The van der Waals surface area contributed by atoms with E-state index >= 15 is 0 Å². The van der Waals surface area contributed by atoms with Crippen molar-refractivity contribution in [3.8, 4) is 0 Å². The van der Waals surface area contributed by atoms with Gasteiger partial charge in [-0.25, -0.2) is 0 Å². The second kappa shape index (κ2) is 5.09. The van der Waals surface area contributed by atoms with Crippen LogP contribution in [0.3, 0.4) is 0 Å². The van der Waals surface area contributed by atoms with E-state index < -0.39 is 34.6 Å². The van der Waals surface area contributed by atoms with E-state index in [1.807, 2.05) is 0 Å². The zero-order valence-electron chi connectivity index (χ0n) is 12.9. The Labute approximate surface area is 133 Å². The summed E-state index contributed by atoms with van der Waals surface area (Å²) in [7, 11) is 0. The Morgan fingerprint density at radius 1 is 1.09 bits per heavy atom. The van der Waals surface area contributed by atoms with Gasteiger partial charge in [0.05, 0.1) is 0 Å². The number of hydrogen-bond donors (Lipinski definition) is 1. The summed E-state index contributed by atoms with van der Waals surface area (Å²) >= 11 is 0. The van der Waals surface area contributed by atoms with Crippen LogP contribution in [0, 0.1) is 5.41 Å². The first-order valence-corrected chi connectivity index (χ1v) is 7.38. The van der Waals surface area contributed by atoms with Gasteiger partial charge in [0, 0.05) is 18.4 Å². The van der Waals surface area contributed by atoms with Crippen LogP contribution < -0.4 is 0 Å². The smallest absolute Gasteiger partial charge is 0.294 e. The van der Waals surface area contributed by atoms with E-state index in [1.165, 1.54) is 0 Å². The molecule has 1 saturated carbocycles. The number of aliphatic imine (C=N–C) groups is 1. The molecule has 1 amide bonds. The molecule has 1 aliphatic carbocycles. The summed E-state index contributed by atoms with van der Waals surface area (Å²) < 4.78 is 5.42. The van der Waals surface area contributed by atoms with Crippen molar-refractivity contribution >= 4 is 23.4 Å². The summed E-state index contributed by atoms with van der Waals surface area (Å²) in [5.74, 6) is -2.18. The Balaban J connectivity index is 1.90. The van der Waals surface area contributed by atoms with E-state index in [-0.39, 0.29) is 18.7 Å². The van der Waals surface area contributed by atoms with Crippen LogP contribution in [0.15, 0.2) is 35.3 Å². The first-order valence-electron chi connectivity index (χ1n) is 7.38. The van der Waals surface area contributed by atoms with Crippen LogP contribution in [-0.2, 0) is 19.1 Å². The van der Waals surface area contributed by atoms with Crippen molar-refractivity contribution in [2.75, 3.05) is 0 Å². The number of benzene rings is 1. The molecule has 1 atom stereocenters.